The molecule has 1 N–H and O–H groups in total. The number of unbranched alkanes of at least 4 members (excludes halogenated alkanes) is 2. The zero-order valence-electron chi connectivity index (χ0n) is 13.2. The largest absolute Gasteiger partial charge is 0 e. The molecule has 134 valence electrons. The van der Waals surface area contributed by atoms with Gasteiger partial charge in [-0.15, -0.1) is 0 Å². The van der Waals surface area contributed by atoms with Gasteiger partial charge in [-0.25, -0.2) is 0 Å². The van der Waals surface area contributed by atoms with E-state index in [2.05, 4.69) is 20.0 Å². The van der Waals surface area contributed by atoms with Gasteiger partial charge in [-0.2, -0.15) is 0 Å². The molecule has 0 saturated carbocycles. The van der Waals surface area contributed by atoms with E-state index in [-0.39, 0.29) is 35.7 Å². The van der Waals surface area contributed by atoms with Crippen LogP contribution in [0.2, 0.25) is 0 Å². The quantitative estimate of drug-likeness (QED) is 0.295. The summed E-state index contributed by atoms with van der Waals surface area (Å²) < 4.78 is 33.0. The Hall–Kier alpha value is -0.711. The monoisotopic (exact) mass is 380 g/mol. The molecule has 7 nitrogen and oxygen atoms in total. The average Bonchev–Trinajstić information content (AvgIpc) is 2.61. The van der Waals surface area contributed by atoms with Crippen LogP contribution in [-0.4, -0.2) is 36.5 Å². The van der Waals surface area contributed by atoms with Crippen LogP contribution in [0.5, 0.6) is 0 Å². The first-order valence-corrected chi connectivity index (χ1v) is 6.56. The van der Waals surface area contributed by atoms with Crippen LogP contribution in [-0.2, 0) is 45.3 Å². The molecule has 24 heavy (non-hydrogen) atoms. The maximum absolute atomic E-state index is 11.6. The molecule has 0 bridgehead atoms. The molecular weight excluding hydrogens is 360 g/mol. The van der Waals surface area contributed by atoms with Gasteiger partial charge in [0.15, 0.2) is 6.29 Å². The first-order chi connectivity index (χ1) is 11.2. The van der Waals surface area contributed by atoms with Crippen LogP contribution in [0.4, 0.5) is 0 Å². The van der Waals surface area contributed by atoms with Gasteiger partial charge in [0.25, 0.3) is 0 Å². The van der Waals surface area contributed by atoms with Crippen LogP contribution in [0.25, 0.3) is 0 Å². The summed E-state index contributed by atoms with van der Waals surface area (Å²) >= 11 is 0. The van der Waals surface area contributed by atoms with Crippen LogP contribution in [0.3, 0.4) is 0 Å². The number of ether oxygens (including phenoxy) is 2. The van der Waals surface area contributed by atoms with E-state index in [0.29, 0.717) is 13.2 Å². The molecule has 0 amide bonds. The fraction of sp³-hybridized carbons (Fsp3) is 0.500. The zero-order chi connectivity index (χ0) is 18.5. The van der Waals surface area contributed by atoms with Crippen molar-refractivity contribution in [2.75, 3.05) is 13.2 Å². The standard InChI is InChI=1S/C13H20O4.3CO.Fe/c1-2-3-4-6-11(14)9-12(15)10-13-16-7-5-8-17-13;3*1-2;/h2-4,6,11,13-14H,5,7-10H2,1H3;;;;/t11-;;;;/m1..../s1. The molecular formula is C16H20FeO7. The predicted molar refractivity (Wildman–Crippen MR) is 75.2 cm³/mol. The van der Waals surface area contributed by atoms with Gasteiger partial charge in [-0.1, -0.05) is 6.92 Å². The van der Waals surface area contributed by atoms with Gasteiger partial charge < -0.3 is 14.6 Å². The van der Waals surface area contributed by atoms with Crippen molar-refractivity contribution in [3.8, 4) is 0 Å². The number of aliphatic hydroxyl groups excluding tert-OH is 1. The van der Waals surface area contributed by atoms with Gasteiger partial charge in [-0.3, -0.25) is 4.79 Å². The molecule has 0 aliphatic carbocycles. The summed E-state index contributed by atoms with van der Waals surface area (Å²) in [5.74, 6) is -0.0467. The second-order valence-corrected chi connectivity index (χ2v) is 3.95. The molecule has 1 aliphatic rings. The van der Waals surface area contributed by atoms with Crippen molar-refractivity contribution in [1.29, 1.82) is 0 Å². The third kappa shape index (κ3) is 21.3. The van der Waals surface area contributed by atoms with E-state index in [0.717, 1.165) is 6.42 Å². The Labute approximate surface area is 154 Å². The van der Waals surface area contributed by atoms with Crippen molar-refractivity contribution >= 4 is 5.78 Å². The van der Waals surface area contributed by atoms with Gasteiger partial charge in [0.2, 0.25) is 0 Å². The first kappa shape index (κ1) is 31.1. The van der Waals surface area contributed by atoms with E-state index in [4.69, 9.17) is 23.4 Å². The summed E-state index contributed by atoms with van der Waals surface area (Å²) in [7, 11) is 0. The van der Waals surface area contributed by atoms with Crippen molar-refractivity contribution in [3.05, 3.63) is 45.6 Å². The number of carbonyl (C=O) groups is 1. The Balaban J connectivity index is -0.000000256. The summed E-state index contributed by atoms with van der Waals surface area (Å²) in [5.41, 5.74) is 0. The number of ketones is 1. The van der Waals surface area contributed by atoms with Crippen molar-refractivity contribution in [2.24, 2.45) is 0 Å². The molecule has 1 saturated heterocycles. The fourth-order valence-corrected chi connectivity index (χ4v) is 1.53. The Morgan fingerprint density at radius 3 is 2.12 bits per heavy atom. The number of hydrogen-bond acceptors (Lipinski definition) is 4. The molecule has 0 unspecified atom stereocenters. The van der Waals surface area contributed by atoms with Crippen LogP contribution >= 0.6 is 0 Å². The Morgan fingerprint density at radius 2 is 1.67 bits per heavy atom. The van der Waals surface area contributed by atoms with Gasteiger partial charge in [0.05, 0.1) is 25.7 Å². The summed E-state index contributed by atoms with van der Waals surface area (Å²) in [5, 5.41) is 9.55. The maximum Gasteiger partial charge on any atom is 0 e. The normalized spacial score (nSPS) is 13.8. The minimum Gasteiger partial charge on any atom is 0 e. The molecule has 0 aromatic heterocycles. The van der Waals surface area contributed by atoms with Crippen molar-refractivity contribution in [2.45, 2.75) is 38.6 Å². The molecule has 1 aliphatic heterocycles. The summed E-state index contributed by atoms with van der Waals surface area (Å²) in [6, 6.07) is 0. The number of rotatable bonds is 8. The Kier molecular flexibility index (Phi) is 35.2. The van der Waals surface area contributed by atoms with E-state index in [1.54, 1.807) is 19.3 Å². The minimum absolute atomic E-state index is 0. The molecule has 1 fully saturated rings. The summed E-state index contributed by atoms with van der Waals surface area (Å²) in [4.78, 5) is 11.6. The molecule has 1 atom stereocenters. The molecule has 1 rings (SSSR count). The third-order valence-corrected chi connectivity index (χ3v) is 2.36. The molecule has 0 aromatic carbocycles. The van der Waals surface area contributed by atoms with E-state index < -0.39 is 12.4 Å². The molecule has 0 aromatic rings. The number of Topliss-reactive ketones (excluding diaryl/α,β-unsaturated/α-hetero) is 1. The Morgan fingerprint density at radius 1 is 1.17 bits per heavy atom. The third-order valence-electron chi connectivity index (χ3n) is 2.36. The number of carbonyl (C=O) groups excluding carboxylic acids is 1. The van der Waals surface area contributed by atoms with Gasteiger partial charge >= 0.3 is 33.9 Å². The summed E-state index contributed by atoms with van der Waals surface area (Å²) in [6.07, 6.45) is 7.03. The predicted octanol–water partition coefficient (Wildman–Crippen LogP) is 1.18. The van der Waals surface area contributed by atoms with Crippen LogP contribution in [0.15, 0.2) is 0 Å². The maximum atomic E-state index is 11.6. The van der Waals surface area contributed by atoms with Crippen molar-refractivity contribution < 1.29 is 50.4 Å². The van der Waals surface area contributed by atoms with Gasteiger partial charge in [0, 0.05) is 23.5 Å². The van der Waals surface area contributed by atoms with Gasteiger partial charge in [0.1, 0.15) is 5.78 Å². The van der Waals surface area contributed by atoms with Crippen molar-refractivity contribution in [1.82, 2.24) is 0 Å². The van der Waals surface area contributed by atoms with Crippen LogP contribution in [0, 0.1) is 45.6 Å². The van der Waals surface area contributed by atoms with Crippen molar-refractivity contribution in [3.63, 3.8) is 0 Å². The van der Waals surface area contributed by atoms with E-state index in [1.165, 1.54) is 0 Å². The molecule has 1 heterocycles. The summed E-state index contributed by atoms with van der Waals surface area (Å²) in [6.45, 7) is 16.7. The SMILES string of the molecule is C[CH][CH][CH][CH][C@@H](O)CC(=O)CC1OCCCO1.[C-]#[O+].[C-]#[O+].[C-]#[O+].[Fe]. The fourth-order valence-electron chi connectivity index (χ4n) is 1.53. The van der Waals surface area contributed by atoms with E-state index in [9.17, 15) is 9.90 Å². The first-order valence-electron chi connectivity index (χ1n) is 6.56. The van der Waals surface area contributed by atoms with E-state index in [1.807, 2.05) is 13.3 Å². The zero-order valence-corrected chi connectivity index (χ0v) is 14.4. The number of hydrogen-bond donors (Lipinski definition) is 1. The molecule has 8 heteroatoms. The van der Waals surface area contributed by atoms with Gasteiger partial charge in [-0.05, 0) is 32.1 Å². The minimum atomic E-state index is -0.734. The van der Waals surface area contributed by atoms with Crippen LogP contribution in [0.1, 0.15) is 26.2 Å². The Bertz CT molecular complexity index is 308. The number of aliphatic hydroxyl groups is 1. The van der Waals surface area contributed by atoms with E-state index >= 15 is 0 Å². The molecule has 0 spiro atoms. The molecule has 4 radical (unpaired) electrons. The second-order valence-electron chi connectivity index (χ2n) is 3.95. The topological polar surface area (TPSA) is 115 Å². The smallest absolute Gasteiger partial charge is 0 e. The second kappa shape index (κ2) is 27.2. The van der Waals surface area contributed by atoms with Crippen LogP contribution < -0.4 is 0 Å². The average molecular weight is 380 g/mol.